The molecular formula is C25H24FN3O3. The van der Waals surface area contributed by atoms with E-state index in [2.05, 4.69) is 16.6 Å². The number of carbonyl (C=O) groups excluding carboxylic acids is 1. The van der Waals surface area contributed by atoms with Gasteiger partial charge >= 0.3 is 5.97 Å². The van der Waals surface area contributed by atoms with Crippen LogP contribution in [0.4, 0.5) is 4.39 Å². The third kappa shape index (κ3) is 4.46. The molecule has 2 aliphatic heterocycles. The van der Waals surface area contributed by atoms with E-state index in [4.69, 9.17) is 9.47 Å². The first kappa shape index (κ1) is 21.5. The highest BCUT2D eigenvalue weighted by atomic mass is 19.1. The molecule has 0 aliphatic carbocycles. The molecule has 0 saturated carbocycles. The van der Waals surface area contributed by atoms with Crippen LogP contribution in [0, 0.1) is 18.7 Å². The van der Waals surface area contributed by atoms with Crippen molar-refractivity contribution in [3.05, 3.63) is 95.4 Å². The number of aliphatic imine (C=N–C) groups is 1. The molecule has 2 aromatic rings. The average molecular weight is 433 g/mol. The maximum atomic E-state index is 13.0. The normalized spacial score (nSPS) is 17.0. The van der Waals surface area contributed by atoms with Crippen LogP contribution in [-0.4, -0.2) is 28.2 Å². The lowest BCUT2D eigenvalue weighted by molar-refractivity contribution is -0.135. The highest BCUT2D eigenvalue weighted by Gasteiger charge is 2.34. The molecule has 1 aromatic heterocycles. The fourth-order valence-corrected chi connectivity index (χ4v) is 3.69. The van der Waals surface area contributed by atoms with Gasteiger partial charge in [-0.1, -0.05) is 24.8 Å². The van der Waals surface area contributed by atoms with Crippen molar-refractivity contribution in [2.75, 3.05) is 6.61 Å². The molecule has 32 heavy (non-hydrogen) atoms. The van der Waals surface area contributed by atoms with Crippen LogP contribution in [0.2, 0.25) is 0 Å². The smallest absolute Gasteiger partial charge is 0.357 e. The van der Waals surface area contributed by atoms with Crippen molar-refractivity contribution < 1.29 is 18.7 Å². The number of aryl methyl sites for hydroxylation is 1. The number of esters is 1. The second-order valence-corrected chi connectivity index (χ2v) is 7.60. The Morgan fingerprint density at radius 3 is 2.75 bits per heavy atom. The maximum Gasteiger partial charge on any atom is 0.357 e. The fourth-order valence-electron chi connectivity index (χ4n) is 3.69. The number of pyridine rings is 1. The number of benzene rings is 1. The summed E-state index contributed by atoms with van der Waals surface area (Å²) in [5.41, 5.74) is 4.72. The summed E-state index contributed by atoms with van der Waals surface area (Å²) in [7, 11) is 0. The molecule has 0 N–H and O–H groups in total. The molecule has 1 unspecified atom stereocenters. The minimum absolute atomic E-state index is 0.0979. The molecule has 0 radical (unpaired) electrons. The van der Waals surface area contributed by atoms with E-state index in [0.29, 0.717) is 31.4 Å². The number of fused-ring (bicyclic) bond motifs is 1. The van der Waals surface area contributed by atoms with Crippen molar-refractivity contribution in [1.82, 2.24) is 9.88 Å². The van der Waals surface area contributed by atoms with Crippen LogP contribution in [0.25, 0.3) is 0 Å². The summed E-state index contributed by atoms with van der Waals surface area (Å²) in [4.78, 5) is 22.9. The zero-order valence-corrected chi connectivity index (χ0v) is 18.0. The van der Waals surface area contributed by atoms with E-state index in [0.717, 1.165) is 28.0 Å². The van der Waals surface area contributed by atoms with Gasteiger partial charge in [-0.2, -0.15) is 0 Å². The Morgan fingerprint density at radius 1 is 1.25 bits per heavy atom. The Kier molecular flexibility index (Phi) is 6.16. The first-order valence-corrected chi connectivity index (χ1v) is 10.4. The number of carbonyl (C=O) groups is 1. The predicted molar refractivity (Wildman–Crippen MR) is 119 cm³/mol. The first-order chi connectivity index (χ1) is 15.5. The van der Waals surface area contributed by atoms with Gasteiger partial charge in [0.25, 0.3) is 0 Å². The van der Waals surface area contributed by atoms with Gasteiger partial charge in [0, 0.05) is 47.9 Å². The summed E-state index contributed by atoms with van der Waals surface area (Å²) in [5, 5.41) is 0. The standard InChI is InChI=1S/C25H24FN3O3/c1-4-31-25(30)23-22-14-29(17(3)21(22)9-10-27-23)13-19-11-16(2)24(28-12-19)32-15-18-5-7-20(26)8-6-18/h5-12,14,21H,3-4,13,15H2,1-2H3. The zero-order chi connectivity index (χ0) is 22.7. The van der Waals surface area contributed by atoms with Crippen LogP contribution in [0.5, 0.6) is 5.88 Å². The SMILES string of the molecule is C=C1C2C=CN=C(C(=O)OCC)C2=CN1Cc1cnc(OCc2ccc(F)cc2)c(C)c1. The minimum atomic E-state index is -0.428. The third-order valence-corrected chi connectivity index (χ3v) is 5.31. The number of rotatable bonds is 7. The number of allylic oxidation sites excluding steroid dienone is 1. The van der Waals surface area contributed by atoms with Crippen molar-refractivity contribution in [1.29, 1.82) is 0 Å². The topological polar surface area (TPSA) is 64.0 Å². The lowest BCUT2D eigenvalue weighted by Crippen LogP contribution is -2.24. The number of hydrogen-bond donors (Lipinski definition) is 0. The van der Waals surface area contributed by atoms with Crippen LogP contribution < -0.4 is 4.74 Å². The Balaban J connectivity index is 1.45. The molecule has 7 heteroatoms. The van der Waals surface area contributed by atoms with Crippen molar-refractivity contribution >= 4 is 11.7 Å². The fraction of sp³-hybridized carbons (Fsp3) is 0.240. The average Bonchev–Trinajstić information content (AvgIpc) is 3.10. The number of halogens is 1. The van der Waals surface area contributed by atoms with E-state index in [1.54, 1.807) is 31.5 Å². The minimum Gasteiger partial charge on any atom is -0.473 e. The van der Waals surface area contributed by atoms with Gasteiger partial charge in [-0.15, -0.1) is 0 Å². The molecule has 0 amide bonds. The number of ether oxygens (including phenoxy) is 2. The highest BCUT2D eigenvalue weighted by molar-refractivity contribution is 6.44. The van der Waals surface area contributed by atoms with Gasteiger partial charge in [0.05, 0.1) is 6.61 Å². The van der Waals surface area contributed by atoms with E-state index in [1.165, 1.54) is 12.1 Å². The highest BCUT2D eigenvalue weighted by Crippen LogP contribution is 2.36. The Morgan fingerprint density at radius 2 is 2.03 bits per heavy atom. The van der Waals surface area contributed by atoms with Gasteiger partial charge in [-0.3, -0.25) is 0 Å². The number of hydrogen-bond acceptors (Lipinski definition) is 6. The molecule has 0 fully saturated rings. The molecule has 1 atom stereocenters. The molecular weight excluding hydrogens is 409 g/mol. The van der Waals surface area contributed by atoms with E-state index >= 15 is 0 Å². The molecule has 6 nitrogen and oxygen atoms in total. The van der Waals surface area contributed by atoms with Crippen molar-refractivity contribution in [2.24, 2.45) is 10.9 Å². The summed E-state index contributed by atoms with van der Waals surface area (Å²) >= 11 is 0. The van der Waals surface area contributed by atoms with Gasteiger partial charge in [-0.25, -0.2) is 19.2 Å². The van der Waals surface area contributed by atoms with Crippen molar-refractivity contribution in [2.45, 2.75) is 27.0 Å². The van der Waals surface area contributed by atoms with Crippen LogP contribution in [0.1, 0.15) is 23.6 Å². The summed E-state index contributed by atoms with van der Waals surface area (Å²) in [6, 6.07) is 8.20. The zero-order valence-electron chi connectivity index (χ0n) is 18.0. The largest absolute Gasteiger partial charge is 0.473 e. The second kappa shape index (κ2) is 9.18. The van der Waals surface area contributed by atoms with E-state index in [9.17, 15) is 9.18 Å². The van der Waals surface area contributed by atoms with Gasteiger partial charge in [-0.05, 0) is 43.2 Å². The molecule has 0 bridgehead atoms. The maximum absolute atomic E-state index is 13.0. The van der Waals surface area contributed by atoms with Crippen LogP contribution >= 0.6 is 0 Å². The molecule has 2 aliphatic rings. The number of aromatic nitrogens is 1. The lowest BCUT2D eigenvalue weighted by Gasteiger charge is -2.21. The van der Waals surface area contributed by atoms with Gasteiger partial charge < -0.3 is 14.4 Å². The van der Waals surface area contributed by atoms with Gasteiger partial charge in [0.2, 0.25) is 5.88 Å². The van der Waals surface area contributed by atoms with Crippen LogP contribution in [0.3, 0.4) is 0 Å². The molecule has 3 heterocycles. The van der Waals surface area contributed by atoms with Crippen LogP contribution in [-0.2, 0) is 22.7 Å². The monoisotopic (exact) mass is 433 g/mol. The number of nitrogens with zero attached hydrogens (tertiary/aromatic N) is 3. The van der Waals surface area contributed by atoms with Crippen molar-refractivity contribution in [3.63, 3.8) is 0 Å². The Labute approximate surface area is 186 Å². The second-order valence-electron chi connectivity index (χ2n) is 7.60. The lowest BCUT2D eigenvalue weighted by atomic mass is 9.94. The molecule has 1 aromatic carbocycles. The summed E-state index contributed by atoms with van der Waals surface area (Å²) in [6.45, 7) is 9.07. The molecule has 164 valence electrons. The van der Waals surface area contributed by atoms with Gasteiger partial charge in [0.15, 0.2) is 5.71 Å². The van der Waals surface area contributed by atoms with E-state index < -0.39 is 5.97 Å². The summed E-state index contributed by atoms with van der Waals surface area (Å²) in [5.74, 6) is -0.269. The Bertz CT molecular complexity index is 1140. The summed E-state index contributed by atoms with van der Waals surface area (Å²) in [6.07, 6.45) is 7.21. The van der Waals surface area contributed by atoms with E-state index in [1.807, 2.05) is 30.2 Å². The quantitative estimate of drug-likeness (QED) is 0.603. The molecule has 0 saturated heterocycles. The third-order valence-electron chi connectivity index (χ3n) is 5.31. The van der Waals surface area contributed by atoms with Crippen LogP contribution in [0.15, 0.2) is 77.8 Å². The predicted octanol–water partition coefficient (Wildman–Crippen LogP) is 4.47. The molecule has 0 spiro atoms. The first-order valence-electron chi connectivity index (χ1n) is 10.4. The van der Waals surface area contributed by atoms with Crippen molar-refractivity contribution in [3.8, 4) is 5.88 Å². The summed E-state index contributed by atoms with van der Waals surface area (Å²) < 4.78 is 24.0. The molecule has 4 rings (SSSR count). The Hall–Kier alpha value is -3.74. The van der Waals surface area contributed by atoms with E-state index in [-0.39, 0.29) is 11.7 Å². The van der Waals surface area contributed by atoms with Gasteiger partial charge in [0.1, 0.15) is 12.4 Å².